The highest BCUT2D eigenvalue weighted by Crippen LogP contribution is 2.31. The van der Waals surface area contributed by atoms with E-state index in [9.17, 15) is 14.7 Å². The summed E-state index contributed by atoms with van der Waals surface area (Å²) in [5.41, 5.74) is 2.94. The number of aromatic nitrogens is 6. The van der Waals surface area contributed by atoms with Gasteiger partial charge < -0.3 is 15.0 Å². The first-order chi connectivity index (χ1) is 20.5. The van der Waals surface area contributed by atoms with Crippen molar-refractivity contribution >= 4 is 11.2 Å². The van der Waals surface area contributed by atoms with E-state index in [4.69, 9.17) is 4.98 Å². The molecule has 2 aromatic carbocycles. The summed E-state index contributed by atoms with van der Waals surface area (Å²) in [5, 5.41) is 20.8. The molecule has 0 spiro atoms. The number of H-pyrrole nitrogens is 1. The van der Waals surface area contributed by atoms with E-state index in [0.717, 1.165) is 16.8 Å². The largest absolute Gasteiger partial charge is 0.392 e. The summed E-state index contributed by atoms with van der Waals surface area (Å²) >= 11 is 0. The molecule has 0 amide bonds. The van der Waals surface area contributed by atoms with Gasteiger partial charge in [0.05, 0.1) is 17.7 Å². The Morgan fingerprint density at radius 3 is 2.31 bits per heavy atom. The zero-order valence-electron chi connectivity index (χ0n) is 24.2. The molecule has 220 valence electrons. The number of nitrogens with zero attached hydrogens (tertiary/aromatic N) is 5. The zero-order valence-corrected chi connectivity index (χ0v) is 24.2. The number of nitrogens with one attached hydrogen (secondary N) is 2. The van der Waals surface area contributed by atoms with Gasteiger partial charge in [-0.05, 0) is 36.5 Å². The van der Waals surface area contributed by atoms with E-state index in [-0.39, 0.29) is 17.2 Å². The molecule has 3 N–H and O–H groups in total. The number of rotatable bonds is 14. The third-order valence-corrected chi connectivity index (χ3v) is 7.63. The van der Waals surface area contributed by atoms with Gasteiger partial charge in [-0.25, -0.2) is 9.78 Å². The second kappa shape index (κ2) is 13.6. The molecule has 5 aromatic rings. The lowest BCUT2D eigenvalue weighted by atomic mass is 9.95. The lowest BCUT2D eigenvalue weighted by Gasteiger charge is -2.18. The van der Waals surface area contributed by atoms with Gasteiger partial charge >= 0.3 is 5.69 Å². The van der Waals surface area contributed by atoms with Crippen molar-refractivity contribution in [2.45, 2.75) is 64.8 Å². The van der Waals surface area contributed by atoms with Gasteiger partial charge in [0.2, 0.25) is 0 Å². The molecule has 3 heterocycles. The van der Waals surface area contributed by atoms with Crippen LogP contribution in [-0.4, -0.2) is 53.2 Å². The number of fused-ring (bicyclic) bond motifs is 1. The van der Waals surface area contributed by atoms with Crippen LogP contribution in [0.3, 0.4) is 0 Å². The smallest absolute Gasteiger partial charge is 0.332 e. The van der Waals surface area contributed by atoms with E-state index < -0.39 is 6.10 Å². The molecule has 3 aromatic heterocycles. The fourth-order valence-electron chi connectivity index (χ4n) is 5.40. The van der Waals surface area contributed by atoms with E-state index in [1.807, 2.05) is 85.1 Å². The Labute approximate surface area is 244 Å². The minimum atomic E-state index is -0.449. The van der Waals surface area contributed by atoms with Crippen molar-refractivity contribution in [2.75, 3.05) is 13.1 Å². The molecule has 5 rings (SSSR count). The number of imidazole rings is 1. The van der Waals surface area contributed by atoms with Crippen LogP contribution in [0.15, 0.2) is 82.5 Å². The molecule has 0 aliphatic carbocycles. The molecule has 0 aliphatic heterocycles. The second-order valence-electron chi connectivity index (χ2n) is 10.5. The zero-order chi connectivity index (χ0) is 29.5. The van der Waals surface area contributed by atoms with Crippen molar-refractivity contribution in [1.29, 1.82) is 0 Å². The lowest BCUT2D eigenvalue weighted by molar-refractivity contribution is 0.167. The molecule has 10 heteroatoms. The van der Waals surface area contributed by atoms with E-state index >= 15 is 0 Å². The first kappa shape index (κ1) is 29.2. The third kappa shape index (κ3) is 6.14. The number of aliphatic hydroxyl groups excluding tert-OH is 1. The van der Waals surface area contributed by atoms with Gasteiger partial charge in [-0.15, -0.1) is 0 Å². The van der Waals surface area contributed by atoms with Crippen LogP contribution in [0.1, 0.15) is 55.3 Å². The van der Waals surface area contributed by atoms with Crippen molar-refractivity contribution in [3.63, 3.8) is 0 Å². The predicted octanol–water partition coefficient (Wildman–Crippen LogP) is 3.28. The minimum absolute atomic E-state index is 0.321. The third-order valence-electron chi connectivity index (χ3n) is 7.63. The average Bonchev–Trinajstić information content (AvgIpc) is 3.68. The number of benzene rings is 2. The molecule has 0 saturated carbocycles. The Morgan fingerprint density at radius 2 is 1.64 bits per heavy atom. The quantitative estimate of drug-likeness (QED) is 0.177. The summed E-state index contributed by atoms with van der Waals surface area (Å²) in [6, 6.07) is 21.9. The maximum Gasteiger partial charge on any atom is 0.332 e. The van der Waals surface area contributed by atoms with E-state index in [2.05, 4.69) is 15.5 Å². The van der Waals surface area contributed by atoms with E-state index in [1.165, 1.54) is 4.57 Å². The topological polar surface area (TPSA) is 123 Å². The van der Waals surface area contributed by atoms with E-state index in [1.54, 1.807) is 10.8 Å². The van der Waals surface area contributed by atoms with Gasteiger partial charge in [-0.2, -0.15) is 5.10 Å². The Hall–Kier alpha value is -4.28. The van der Waals surface area contributed by atoms with Crippen LogP contribution in [0.25, 0.3) is 11.2 Å². The van der Waals surface area contributed by atoms with Crippen molar-refractivity contribution in [2.24, 2.45) is 0 Å². The van der Waals surface area contributed by atoms with Gasteiger partial charge in [0.25, 0.3) is 5.56 Å². The normalized spacial score (nSPS) is 13.0. The van der Waals surface area contributed by atoms with Gasteiger partial charge in [-0.3, -0.25) is 19.0 Å². The summed E-state index contributed by atoms with van der Waals surface area (Å²) < 4.78 is 4.94. The molecule has 0 saturated heterocycles. The number of hydrogen-bond acceptors (Lipinski definition) is 6. The number of aromatic amines is 1. The highest BCUT2D eigenvalue weighted by atomic mass is 16.3. The number of aryl methyl sites for hydroxylation is 2. The van der Waals surface area contributed by atoms with Gasteiger partial charge in [0, 0.05) is 38.9 Å². The molecule has 0 radical (unpaired) electrons. The maximum atomic E-state index is 14.0. The summed E-state index contributed by atoms with van der Waals surface area (Å²) in [7, 11) is 0. The second-order valence-corrected chi connectivity index (χ2v) is 10.5. The highest BCUT2D eigenvalue weighted by Gasteiger charge is 2.29. The van der Waals surface area contributed by atoms with Crippen LogP contribution in [0, 0.1) is 0 Å². The highest BCUT2D eigenvalue weighted by molar-refractivity contribution is 5.72. The van der Waals surface area contributed by atoms with Gasteiger partial charge in [0.1, 0.15) is 5.82 Å². The Morgan fingerprint density at radius 1 is 0.905 bits per heavy atom. The van der Waals surface area contributed by atoms with Crippen molar-refractivity contribution < 1.29 is 5.11 Å². The van der Waals surface area contributed by atoms with Crippen LogP contribution in [0.2, 0.25) is 0 Å². The molecule has 0 bridgehead atoms. The summed E-state index contributed by atoms with van der Waals surface area (Å²) in [4.78, 5) is 32.9. The number of aliphatic hydroxyl groups is 1. The molecule has 2 unspecified atom stereocenters. The molecule has 0 fully saturated rings. The molecule has 2 atom stereocenters. The summed E-state index contributed by atoms with van der Waals surface area (Å²) in [5.74, 6) is 0.267. The molecule has 42 heavy (non-hydrogen) atoms. The van der Waals surface area contributed by atoms with Crippen LogP contribution in [-0.2, 0) is 26.1 Å². The molecular formula is C32H39N7O3. The Kier molecular flexibility index (Phi) is 9.45. The van der Waals surface area contributed by atoms with Crippen LogP contribution in [0.5, 0.6) is 0 Å². The predicted molar refractivity (Wildman–Crippen MR) is 164 cm³/mol. The first-order valence-corrected chi connectivity index (χ1v) is 14.7. The van der Waals surface area contributed by atoms with E-state index in [0.29, 0.717) is 69.0 Å². The monoisotopic (exact) mass is 569 g/mol. The molecule has 0 aliphatic rings. The standard InChI is InChI=1S/C32H39N7O3/c1-3-19-39-31(41)28-30(38(32(39)42)20-16-23-11-7-5-8-12-23)35-29(37(28)21-18-33-22-25(40)4-2)27(26-15-17-34-36-26)24-13-9-6-10-14-24/h5-15,17,25,27,33,40H,3-4,16,18-22H2,1-2H3,(H,34,36). The average molecular weight is 570 g/mol. The van der Waals surface area contributed by atoms with Crippen molar-refractivity contribution in [3.05, 3.63) is 116 Å². The molecular weight excluding hydrogens is 530 g/mol. The van der Waals surface area contributed by atoms with Crippen molar-refractivity contribution in [1.82, 2.24) is 34.2 Å². The Bertz CT molecular complexity index is 1690. The SMILES string of the molecule is CCCn1c(=O)c2c(nc(C(c3ccccc3)c3cc[nH]n3)n2CCNCC(O)CC)n(CCc2ccccc2)c1=O. The molecule has 10 nitrogen and oxygen atoms in total. The fourth-order valence-corrected chi connectivity index (χ4v) is 5.40. The van der Waals surface area contributed by atoms with Crippen molar-refractivity contribution in [3.8, 4) is 0 Å². The van der Waals surface area contributed by atoms with Crippen LogP contribution < -0.4 is 16.6 Å². The number of hydrogen-bond donors (Lipinski definition) is 3. The maximum absolute atomic E-state index is 14.0. The minimum Gasteiger partial charge on any atom is -0.392 e. The van der Waals surface area contributed by atoms with Gasteiger partial charge in [-0.1, -0.05) is 74.5 Å². The Balaban J connectivity index is 1.71. The summed E-state index contributed by atoms with van der Waals surface area (Å²) in [6.45, 7) is 5.98. The first-order valence-electron chi connectivity index (χ1n) is 14.7. The summed E-state index contributed by atoms with van der Waals surface area (Å²) in [6.07, 6.45) is 3.25. The van der Waals surface area contributed by atoms with Crippen LogP contribution in [0.4, 0.5) is 0 Å². The lowest BCUT2D eigenvalue weighted by Crippen LogP contribution is -2.41. The fraction of sp³-hybridized carbons (Fsp3) is 0.375. The van der Waals surface area contributed by atoms with Gasteiger partial charge in [0.15, 0.2) is 11.2 Å². The van der Waals surface area contributed by atoms with Crippen LogP contribution >= 0.6 is 0 Å².